The van der Waals surface area contributed by atoms with Crippen molar-refractivity contribution < 1.29 is 4.42 Å². The van der Waals surface area contributed by atoms with Crippen LogP contribution in [0, 0.1) is 0 Å². The maximum Gasteiger partial charge on any atom is 0.181 e. The van der Waals surface area contributed by atoms with Gasteiger partial charge in [-0.3, -0.25) is 4.98 Å². The minimum Gasteiger partial charge on any atom is -0.444 e. The molecule has 2 heterocycles. The van der Waals surface area contributed by atoms with Crippen molar-refractivity contribution in [3.8, 4) is 11.3 Å². The number of hydrogen-bond donors (Lipinski definition) is 0. The fourth-order valence-electron chi connectivity index (χ4n) is 1.91. The van der Waals surface area contributed by atoms with Crippen molar-refractivity contribution in [3.05, 3.63) is 66.9 Å². The molecule has 104 valence electrons. The number of pyridine rings is 1. The molecule has 1 unspecified atom stereocenters. The van der Waals surface area contributed by atoms with E-state index in [1.165, 1.54) is 6.39 Å². The van der Waals surface area contributed by atoms with Crippen LogP contribution in [0.15, 0.2) is 76.0 Å². The smallest absolute Gasteiger partial charge is 0.181 e. The normalized spacial score (nSPS) is 12.6. The molecule has 1 aromatic carbocycles. The summed E-state index contributed by atoms with van der Waals surface area (Å²) in [4.78, 5) is 7.89. The number of aromatic nitrogens is 2. The summed E-state index contributed by atoms with van der Waals surface area (Å²) in [7, 11) is 0. The van der Waals surface area contributed by atoms with Gasteiger partial charge in [-0.1, -0.05) is 0 Å². The Morgan fingerprint density at radius 1 is 1.00 bits per heavy atom. The highest BCUT2D eigenvalue weighted by Crippen LogP contribution is 2.24. The molecule has 5 heteroatoms. The zero-order valence-corrected chi connectivity index (χ0v) is 11.5. The number of nitrogens with zero attached hydrogens (tertiary/aromatic N) is 4. The van der Waals surface area contributed by atoms with Gasteiger partial charge >= 0.3 is 0 Å². The lowest BCUT2D eigenvalue weighted by Crippen LogP contribution is -1.87. The second-order valence-electron chi connectivity index (χ2n) is 4.58. The molecule has 5 nitrogen and oxygen atoms in total. The average molecular weight is 278 g/mol. The molecule has 0 bridgehead atoms. The molecule has 0 spiro atoms. The van der Waals surface area contributed by atoms with Gasteiger partial charge in [-0.15, -0.1) is 0 Å². The molecule has 0 radical (unpaired) electrons. The molecule has 0 saturated heterocycles. The van der Waals surface area contributed by atoms with E-state index in [1.807, 2.05) is 43.3 Å². The predicted octanol–water partition coefficient (Wildman–Crippen LogP) is 4.58. The van der Waals surface area contributed by atoms with Crippen molar-refractivity contribution in [2.45, 2.75) is 13.0 Å². The third-order valence-electron chi connectivity index (χ3n) is 3.12. The van der Waals surface area contributed by atoms with Crippen molar-refractivity contribution in [3.63, 3.8) is 0 Å². The van der Waals surface area contributed by atoms with Gasteiger partial charge in [0, 0.05) is 18.0 Å². The first-order valence-electron chi connectivity index (χ1n) is 6.62. The van der Waals surface area contributed by atoms with Crippen LogP contribution in [0.1, 0.15) is 18.5 Å². The summed E-state index contributed by atoms with van der Waals surface area (Å²) in [5.41, 5.74) is 2.86. The van der Waals surface area contributed by atoms with E-state index in [2.05, 4.69) is 20.2 Å². The number of benzene rings is 1. The van der Waals surface area contributed by atoms with E-state index in [4.69, 9.17) is 4.42 Å². The van der Waals surface area contributed by atoms with Gasteiger partial charge in [-0.25, -0.2) is 4.98 Å². The maximum absolute atomic E-state index is 5.24. The minimum atomic E-state index is 0.00181. The second-order valence-corrected chi connectivity index (χ2v) is 4.58. The number of hydrogen-bond acceptors (Lipinski definition) is 5. The first kappa shape index (κ1) is 13.2. The maximum atomic E-state index is 5.24. The summed E-state index contributed by atoms with van der Waals surface area (Å²) in [5.74, 6) is 0.739. The van der Waals surface area contributed by atoms with Crippen LogP contribution < -0.4 is 0 Å². The van der Waals surface area contributed by atoms with Crippen molar-refractivity contribution in [1.29, 1.82) is 0 Å². The van der Waals surface area contributed by atoms with Crippen LogP contribution in [0.4, 0.5) is 5.69 Å². The van der Waals surface area contributed by atoms with Gasteiger partial charge in [0.15, 0.2) is 12.2 Å². The number of azo groups is 1. The van der Waals surface area contributed by atoms with Gasteiger partial charge in [0.1, 0.15) is 0 Å². The van der Waals surface area contributed by atoms with Crippen molar-refractivity contribution >= 4 is 5.69 Å². The molecule has 0 aliphatic heterocycles. The van der Waals surface area contributed by atoms with Gasteiger partial charge in [0.2, 0.25) is 0 Å². The fraction of sp³-hybridized carbons (Fsp3) is 0.125. The van der Waals surface area contributed by atoms with E-state index in [-0.39, 0.29) is 6.04 Å². The zero-order valence-electron chi connectivity index (χ0n) is 11.5. The van der Waals surface area contributed by atoms with Gasteiger partial charge in [0.05, 0.1) is 17.9 Å². The molecule has 0 aliphatic carbocycles. The summed E-state index contributed by atoms with van der Waals surface area (Å²) in [6.07, 6.45) is 6.61. The third kappa shape index (κ3) is 3.20. The molecule has 21 heavy (non-hydrogen) atoms. The summed E-state index contributed by atoms with van der Waals surface area (Å²) in [6.45, 7) is 2.00. The van der Waals surface area contributed by atoms with Crippen LogP contribution in [-0.2, 0) is 0 Å². The Bertz CT molecular complexity index is 706. The highest BCUT2D eigenvalue weighted by molar-refractivity contribution is 5.59. The van der Waals surface area contributed by atoms with Gasteiger partial charge in [-0.2, -0.15) is 10.2 Å². The molecular formula is C16H14N4O. The largest absolute Gasteiger partial charge is 0.444 e. The average Bonchev–Trinajstić information content (AvgIpc) is 3.08. The monoisotopic (exact) mass is 278 g/mol. The van der Waals surface area contributed by atoms with Crippen LogP contribution in [0.25, 0.3) is 11.3 Å². The van der Waals surface area contributed by atoms with E-state index in [9.17, 15) is 0 Å². The van der Waals surface area contributed by atoms with E-state index in [1.54, 1.807) is 18.6 Å². The topological polar surface area (TPSA) is 63.6 Å². The lowest BCUT2D eigenvalue weighted by atomic mass is 10.1. The summed E-state index contributed by atoms with van der Waals surface area (Å²) < 4.78 is 5.24. The first-order valence-corrected chi connectivity index (χ1v) is 6.62. The first-order chi connectivity index (χ1) is 10.3. The van der Waals surface area contributed by atoms with Crippen molar-refractivity contribution in [2.75, 3.05) is 0 Å². The van der Waals surface area contributed by atoms with Gasteiger partial charge < -0.3 is 4.42 Å². The molecule has 3 rings (SSSR count). The lowest BCUT2D eigenvalue weighted by molar-refractivity contribution is 0.572. The Labute approximate surface area is 122 Å². The molecule has 0 aliphatic rings. The van der Waals surface area contributed by atoms with Crippen LogP contribution in [0.5, 0.6) is 0 Å². The zero-order chi connectivity index (χ0) is 14.5. The minimum absolute atomic E-state index is 0.00181. The summed E-state index contributed by atoms with van der Waals surface area (Å²) in [6, 6.07) is 11.6. The Balaban J connectivity index is 1.72. The summed E-state index contributed by atoms with van der Waals surface area (Å²) >= 11 is 0. The quantitative estimate of drug-likeness (QED) is 0.656. The number of rotatable bonds is 4. The number of oxazole rings is 1. The SMILES string of the molecule is CC(N=Nc1ccc(-c2cnco2)cc1)c1ccncc1. The molecule has 0 fully saturated rings. The Morgan fingerprint density at radius 2 is 1.76 bits per heavy atom. The van der Waals surface area contributed by atoms with E-state index >= 15 is 0 Å². The van der Waals surface area contributed by atoms with E-state index in [0.717, 1.165) is 22.6 Å². The van der Waals surface area contributed by atoms with Crippen LogP contribution >= 0.6 is 0 Å². The molecular weight excluding hydrogens is 264 g/mol. The van der Waals surface area contributed by atoms with Crippen LogP contribution in [-0.4, -0.2) is 9.97 Å². The second kappa shape index (κ2) is 6.09. The molecule has 2 aromatic heterocycles. The Kier molecular flexibility index (Phi) is 3.82. The van der Waals surface area contributed by atoms with Crippen LogP contribution in [0.2, 0.25) is 0 Å². The van der Waals surface area contributed by atoms with Crippen LogP contribution in [0.3, 0.4) is 0 Å². The van der Waals surface area contributed by atoms with Gasteiger partial charge in [-0.05, 0) is 48.9 Å². The Morgan fingerprint density at radius 3 is 2.43 bits per heavy atom. The molecule has 1 atom stereocenters. The highest BCUT2D eigenvalue weighted by atomic mass is 16.3. The molecule has 0 saturated carbocycles. The standard InChI is InChI=1S/C16H14N4O/c1-12(13-6-8-17-9-7-13)19-20-15-4-2-14(3-5-15)16-10-18-11-21-16/h2-12H,1H3. The molecule has 0 N–H and O–H groups in total. The van der Waals surface area contributed by atoms with Crippen molar-refractivity contribution in [2.24, 2.45) is 10.2 Å². The lowest BCUT2D eigenvalue weighted by Gasteiger charge is -2.04. The molecule has 0 amide bonds. The fourth-order valence-corrected chi connectivity index (χ4v) is 1.91. The summed E-state index contributed by atoms with van der Waals surface area (Å²) in [5, 5.41) is 8.58. The Hall–Kier alpha value is -2.82. The van der Waals surface area contributed by atoms with E-state index < -0.39 is 0 Å². The van der Waals surface area contributed by atoms with Crippen molar-refractivity contribution in [1.82, 2.24) is 9.97 Å². The highest BCUT2D eigenvalue weighted by Gasteiger charge is 2.03. The predicted molar refractivity (Wildman–Crippen MR) is 79.1 cm³/mol. The third-order valence-corrected chi connectivity index (χ3v) is 3.12. The van der Waals surface area contributed by atoms with Gasteiger partial charge in [0.25, 0.3) is 0 Å². The van der Waals surface area contributed by atoms with E-state index in [0.29, 0.717) is 0 Å². The molecule has 3 aromatic rings.